The summed E-state index contributed by atoms with van der Waals surface area (Å²) >= 11 is 0. The lowest BCUT2D eigenvalue weighted by Crippen LogP contribution is -2.39. The number of nitrogens with zero attached hydrogens (tertiary/aromatic N) is 1. The number of halogens is 1. The van der Waals surface area contributed by atoms with Crippen LogP contribution in [0, 0.1) is 0 Å². The minimum Gasteiger partial charge on any atom is -0.480 e. The van der Waals surface area contributed by atoms with Gasteiger partial charge in [0, 0.05) is 22.8 Å². The molecule has 8 heteroatoms. The van der Waals surface area contributed by atoms with Crippen LogP contribution in [-0.4, -0.2) is 31.9 Å². The highest BCUT2D eigenvalue weighted by atomic mass is 35.7. The average Bonchev–Trinajstić information content (AvgIpc) is 2.30. The highest BCUT2D eigenvalue weighted by molar-refractivity contribution is 8.13. The number of carboxylic acid groups (broad SMARTS) is 1. The van der Waals surface area contributed by atoms with E-state index in [2.05, 4.69) is 0 Å². The molecule has 19 heavy (non-hydrogen) atoms. The molecule has 1 aromatic carbocycles. The first kappa shape index (κ1) is 13.8. The van der Waals surface area contributed by atoms with Crippen molar-refractivity contribution in [3.8, 4) is 0 Å². The van der Waals surface area contributed by atoms with Gasteiger partial charge in [-0.15, -0.1) is 0 Å². The number of carbonyl (C=O) groups is 2. The molecule has 0 atom stereocenters. The summed E-state index contributed by atoms with van der Waals surface area (Å²) in [5, 5.41) is 8.78. The third-order valence-corrected chi connectivity index (χ3v) is 4.18. The lowest BCUT2D eigenvalue weighted by molar-refractivity contribution is -0.136. The molecular weight excluding hydrogens is 294 g/mol. The molecule has 0 unspecified atom stereocenters. The van der Waals surface area contributed by atoms with E-state index in [1.165, 1.54) is 18.2 Å². The van der Waals surface area contributed by atoms with E-state index < -0.39 is 21.6 Å². The monoisotopic (exact) mass is 303 g/mol. The molecule has 102 valence electrons. The Morgan fingerprint density at radius 2 is 2.05 bits per heavy atom. The zero-order valence-corrected chi connectivity index (χ0v) is 11.2. The molecule has 0 radical (unpaired) electrons. The molecule has 6 nitrogen and oxygen atoms in total. The van der Waals surface area contributed by atoms with Crippen molar-refractivity contribution >= 4 is 37.3 Å². The number of amides is 1. The fourth-order valence-corrected chi connectivity index (χ4v) is 2.80. The topological polar surface area (TPSA) is 91.8 Å². The molecule has 0 bridgehead atoms. The lowest BCUT2D eigenvalue weighted by atomic mass is 10.0. The van der Waals surface area contributed by atoms with Gasteiger partial charge in [0.1, 0.15) is 6.54 Å². The smallest absolute Gasteiger partial charge is 0.323 e. The first-order valence-electron chi connectivity index (χ1n) is 5.39. The number of hydrogen-bond donors (Lipinski definition) is 1. The van der Waals surface area contributed by atoms with Crippen LogP contribution in [0.2, 0.25) is 0 Å². The van der Waals surface area contributed by atoms with Gasteiger partial charge in [-0.05, 0) is 30.2 Å². The standard InChI is InChI=1S/C11H10ClNO5S/c12-19(17,18)8-2-3-9-7(5-8)1-4-10(14)13(9)6-11(15)16/h2-3,5H,1,4,6H2,(H,15,16). The van der Waals surface area contributed by atoms with Crippen molar-refractivity contribution in [3.63, 3.8) is 0 Å². The Labute approximate surface area is 114 Å². The molecule has 0 fully saturated rings. The summed E-state index contributed by atoms with van der Waals surface area (Å²) in [6, 6.07) is 4.04. The summed E-state index contributed by atoms with van der Waals surface area (Å²) in [4.78, 5) is 23.5. The summed E-state index contributed by atoms with van der Waals surface area (Å²) in [7, 11) is 1.41. The highest BCUT2D eigenvalue weighted by Crippen LogP contribution is 2.30. The number of anilines is 1. The summed E-state index contributed by atoms with van der Waals surface area (Å²) in [6.45, 7) is -0.446. The fraction of sp³-hybridized carbons (Fsp3) is 0.273. The first-order valence-corrected chi connectivity index (χ1v) is 7.70. The van der Waals surface area contributed by atoms with Crippen LogP contribution in [0.5, 0.6) is 0 Å². The van der Waals surface area contributed by atoms with Crippen LogP contribution in [-0.2, 0) is 25.1 Å². The normalized spacial score (nSPS) is 15.2. The van der Waals surface area contributed by atoms with Crippen molar-refractivity contribution in [1.29, 1.82) is 0 Å². The predicted octanol–water partition coefficient (Wildman–Crippen LogP) is 0.978. The second-order valence-electron chi connectivity index (χ2n) is 4.10. The molecular formula is C11H10ClNO5S. The van der Waals surface area contributed by atoms with Crippen molar-refractivity contribution < 1.29 is 23.1 Å². The van der Waals surface area contributed by atoms with Gasteiger partial charge in [0.25, 0.3) is 9.05 Å². The minimum absolute atomic E-state index is 0.0578. The molecule has 2 rings (SSSR count). The van der Waals surface area contributed by atoms with E-state index in [-0.39, 0.29) is 17.2 Å². The van der Waals surface area contributed by atoms with Gasteiger partial charge in [0.05, 0.1) is 4.90 Å². The average molecular weight is 304 g/mol. The van der Waals surface area contributed by atoms with E-state index in [4.69, 9.17) is 15.8 Å². The summed E-state index contributed by atoms with van der Waals surface area (Å²) in [5.41, 5.74) is 1.02. The molecule has 0 aliphatic carbocycles. The quantitative estimate of drug-likeness (QED) is 0.840. The van der Waals surface area contributed by atoms with Gasteiger partial charge in [-0.1, -0.05) is 0 Å². The first-order chi connectivity index (χ1) is 8.79. The molecule has 1 heterocycles. The number of fused-ring (bicyclic) bond motifs is 1. The molecule has 1 aromatic rings. The molecule has 0 spiro atoms. The molecule has 0 aromatic heterocycles. The van der Waals surface area contributed by atoms with Gasteiger partial charge >= 0.3 is 5.97 Å². The predicted molar refractivity (Wildman–Crippen MR) is 67.8 cm³/mol. The molecule has 1 aliphatic rings. The third-order valence-electron chi connectivity index (χ3n) is 2.83. The van der Waals surface area contributed by atoms with Gasteiger partial charge < -0.3 is 10.0 Å². The van der Waals surface area contributed by atoms with Crippen molar-refractivity contribution in [2.24, 2.45) is 0 Å². The maximum Gasteiger partial charge on any atom is 0.323 e. The zero-order valence-electron chi connectivity index (χ0n) is 9.67. The lowest BCUT2D eigenvalue weighted by Gasteiger charge is -2.28. The Balaban J connectivity index is 2.47. The van der Waals surface area contributed by atoms with Crippen LogP contribution >= 0.6 is 10.7 Å². The SMILES string of the molecule is O=C(O)CN1C(=O)CCc2cc(S(=O)(=O)Cl)ccc21. The summed E-state index contributed by atoms with van der Waals surface area (Å²) in [5.74, 6) is -1.42. The molecule has 0 saturated heterocycles. The van der Waals surface area contributed by atoms with E-state index in [0.29, 0.717) is 17.7 Å². The number of benzene rings is 1. The summed E-state index contributed by atoms with van der Waals surface area (Å²) < 4.78 is 22.5. The second-order valence-corrected chi connectivity index (χ2v) is 6.67. The third kappa shape index (κ3) is 2.87. The van der Waals surface area contributed by atoms with Crippen molar-refractivity contribution in [3.05, 3.63) is 23.8 Å². The number of aliphatic carboxylic acids is 1. The van der Waals surface area contributed by atoms with Crippen LogP contribution in [0.15, 0.2) is 23.1 Å². The summed E-state index contributed by atoms with van der Waals surface area (Å²) in [6.07, 6.45) is 0.511. The van der Waals surface area contributed by atoms with E-state index in [9.17, 15) is 18.0 Å². The Kier molecular flexibility index (Phi) is 3.51. The van der Waals surface area contributed by atoms with E-state index in [0.717, 1.165) is 4.90 Å². The Morgan fingerprint density at radius 3 is 2.63 bits per heavy atom. The van der Waals surface area contributed by atoms with Crippen molar-refractivity contribution in [2.75, 3.05) is 11.4 Å². The number of carbonyl (C=O) groups excluding carboxylic acids is 1. The van der Waals surface area contributed by atoms with Crippen LogP contribution in [0.25, 0.3) is 0 Å². The largest absolute Gasteiger partial charge is 0.480 e. The second kappa shape index (κ2) is 4.82. The van der Waals surface area contributed by atoms with E-state index in [1.807, 2.05) is 0 Å². The maximum absolute atomic E-state index is 11.7. The van der Waals surface area contributed by atoms with Crippen LogP contribution in [0.4, 0.5) is 5.69 Å². The van der Waals surface area contributed by atoms with Gasteiger partial charge in [0.15, 0.2) is 0 Å². The van der Waals surface area contributed by atoms with E-state index >= 15 is 0 Å². The van der Waals surface area contributed by atoms with Gasteiger partial charge in [-0.3, -0.25) is 9.59 Å². The van der Waals surface area contributed by atoms with Crippen molar-refractivity contribution in [1.82, 2.24) is 0 Å². The molecule has 0 saturated carbocycles. The molecule has 1 N–H and O–H groups in total. The minimum atomic E-state index is -3.84. The maximum atomic E-state index is 11.7. The highest BCUT2D eigenvalue weighted by Gasteiger charge is 2.27. The molecule has 1 aliphatic heterocycles. The van der Waals surface area contributed by atoms with Crippen LogP contribution in [0.1, 0.15) is 12.0 Å². The zero-order chi connectivity index (χ0) is 14.2. The van der Waals surface area contributed by atoms with Gasteiger partial charge in [0.2, 0.25) is 5.91 Å². The fourth-order valence-electron chi connectivity index (χ4n) is 2.00. The molecule has 1 amide bonds. The van der Waals surface area contributed by atoms with E-state index in [1.54, 1.807) is 0 Å². The Bertz CT molecular complexity index is 655. The van der Waals surface area contributed by atoms with Crippen LogP contribution in [0.3, 0.4) is 0 Å². The van der Waals surface area contributed by atoms with Gasteiger partial charge in [-0.25, -0.2) is 8.42 Å². The van der Waals surface area contributed by atoms with Gasteiger partial charge in [-0.2, -0.15) is 0 Å². The number of hydrogen-bond acceptors (Lipinski definition) is 4. The number of rotatable bonds is 3. The Hall–Kier alpha value is -1.60. The number of carboxylic acids is 1. The van der Waals surface area contributed by atoms with Crippen LogP contribution < -0.4 is 4.90 Å². The number of aryl methyl sites for hydroxylation is 1. The van der Waals surface area contributed by atoms with Crippen molar-refractivity contribution in [2.45, 2.75) is 17.7 Å². The Morgan fingerprint density at radius 1 is 1.37 bits per heavy atom.